The summed E-state index contributed by atoms with van der Waals surface area (Å²) in [6, 6.07) is 1.79. The van der Waals surface area contributed by atoms with Gasteiger partial charge in [-0.25, -0.2) is 4.79 Å². The molecule has 0 radical (unpaired) electrons. The van der Waals surface area contributed by atoms with E-state index in [1.165, 1.54) is 12.8 Å². The SMILES string of the molecule is CCCC1CCC(C(=O)O)(n2cccn2)CC1. The van der Waals surface area contributed by atoms with E-state index in [-0.39, 0.29) is 0 Å². The lowest BCUT2D eigenvalue weighted by atomic mass is 9.75. The summed E-state index contributed by atoms with van der Waals surface area (Å²) in [5.74, 6) is -0.0424. The highest BCUT2D eigenvalue weighted by molar-refractivity contribution is 5.76. The minimum atomic E-state index is -0.798. The number of carbonyl (C=O) groups is 1. The Hall–Kier alpha value is -1.32. The van der Waals surface area contributed by atoms with Crippen LogP contribution in [0.3, 0.4) is 0 Å². The van der Waals surface area contributed by atoms with Gasteiger partial charge in [0.1, 0.15) is 0 Å². The summed E-state index contributed by atoms with van der Waals surface area (Å²) >= 11 is 0. The Kier molecular flexibility index (Phi) is 3.50. The van der Waals surface area contributed by atoms with Gasteiger partial charge in [0.15, 0.2) is 5.54 Å². The fraction of sp³-hybridized carbons (Fsp3) is 0.692. The second-order valence-corrected chi connectivity index (χ2v) is 5.02. The summed E-state index contributed by atoms with van der Waals surface area (Å²) in [6.45, 7) is 2.19. The van der Waals surface area contributed by atoms with Gasteiger partial charge in [-0.3, -0.25) is 4.68 Å². The van der Waals surface area contributed by atoms with Gasteiger partial charge in [0, 0.05) is 12.4 Å². The van der Waals surface area contributed by atoms with Crippen molar-refractivity contribution in [1.29, 1.82) is 0 Å². The maximum absolute atomic E-state index is 11.6. The van der Waals surface area contributed by atoms with Gasteiger partial charge < -0.3 is 5.11 Å². The number of carboxylic acid groups (broad SMARTS) is 1. The molecular weight excluding hydrogens is 216 g/mol. The van der Waals surface area contributed by atoms with Crippen LogP contribution in [-0.4, -0.2) is 20.9 Å². The van der Waals surface area contributed by atoms with Crippen molar-refractivity contribution < 1.29 is 9.90 Å². The van der Waals surface area contributed by atoms with E-state index in [1.807, 2.05) is 0 Å². The second-order valence-electron chi connectivity index (χ2n) is 5.02. The Labute approximate surface area is 102 Å². The van der Waals surface area contributed by atoms with Crippen LogP contribution >= 0.6 is 0 Å². The van der Waals surface area contributed by atoms with Crippen molar-refractivity contribution in [2.45, 2.75) is 51.0 Å². The molecule has 94 valence electrons. The molecule has 0 unspecified atom stereocenters. The molecule has 0 atom stereocenters. The number of nitrogens with zero attached hydrogens (tertiary/aromatic N) is 2. The van der Waals surface area contributed by atoms with Gasteiger partial charge in [-0.2, -0.15) is 5.10 Å². The first-order chi connectivity index (χ1) is 8.19. The highest BCUT2D eigenvalue weighted by Gasteiger charge is 2.43. The molecule has 1 aliphatic carbocycles. The number of aliphatic carboxylic acids is 1. The fourth-order valence-corrected chi connectivity index (χ4v) is 2.92. The minimum absolute atomic E-state index is 0.697. The normalized spacial score (nSPS) is 29.1. The second kappa shape index (κ2) is 4.90. The lowest BCUT2D eigenvalue weighted by Crippen LogP contribution is -2.45. The van der Waals surface area contributed by atoms with Crippen molar-refractivity contribution in [3.8, 4) is 0 Å². The number of aromatic nitrogens is 2. The van der Waals surface area contributed by atoms with Crippen LogP contribution in [-0.2, 0) is 10.3 Å². The first-order valence-corrected chi connectivity index (χ1v) is 6.42. The van der Waals surface area contributed by atoms with E-state index in [0.717, 1.165) is 12.8 Å². The molecule has 17 heavy (non-hydrogen) atoms. The van der Waals surface area contributed by atoms with E-state index >= 15 is 0 Å². The van der Waals surface area contributed by atoms with Crippen LogP contribution in [0.2, 0.25) is 0 Å². The molecule has 2 rings (SSSR count). The Bertz CT molecular complexity index is 365. The number of carboxylic acids is 1. The predicted molar refractivity (Wildman–Crippen MR) is 64.7 cm³/mol. The summed E-state index contributed by atoms with van der Waals surface area (Å²) in [6.07, 6.45) is 9.24. The lowest BCUT2D eigenvalue weighted by Gasteiger charge is -2.37. The highest BCUT2D eigenvalue weighted by Crippen LogP contribution is 2.39. The molecule has 0 aliphatic heterocycles. The van der Waals surface area contributed by atoms with Crippen molar-refractivity contribution in [1.82, 2.24) is 9.78 Å². The van der Waals surface area contributed by atoms with Crippen LogP contribution in [0.15, 0.2) is 18.5 Å². The third-order valence-electron chi connectivity index (χ3n) is 3.97. The van der Waals surface area contributed by atoms with Crippen molar-refractivity contribution >= 4 is 5.97 Å². The fourth-order valence-electron chi connectivity index (χ4n) is 2.92. The zero-order chi connectivity index (χ0) is 12.3. The van der Waals surface area contributed by atoms with Gasteiger partial charge in [-0.15, -0.1) is 0 Å². The van der Waals surface area contributed by atoms with E-state index in [9.17, 15) is 9.90 Å². The van der Waals surface area contributed by atoms with Crippen molar-refractivity contribution in [2.75, 3.05) is 0 Å². The summed E-state index contributed by atoms with van der Waals surface area (Å²) in [5.41, 5.74) is -0.798. The first-order valence-electron chi connectivity index (χ1n) is 6.42. The topological polar surface area (TPSA) is 55.1 Å². The summed E-state index contributed by atoms with van der Waals surface area (Å²) in [4.78, 5) is 11.6. The average Bonchev–Trinajstić information content (AvgIpc) is 2.84. The van der Waals surface area contributed by atoms with Crippen molar-refractivity contribution in [3.05, 3.63) is 18.5 Å². The standard InChI is InChI=1S/C13H20N2O2/c1-2-4-11-5-7-13(8-6-11,12(16)17)15-10-3-9-14-15/h3,9-11H,2,4-8H2,1H3,(H,16,17). The summed E-state index contributed by atoms with van der Waals surface area (Å²) < 4.78 is 1.64. The van der Waals surface area contributed by atoms with Gasteiger partial charge in [0.25, 0.3) is 0 Å². The van der Waals surface area contributed by atoms with Gasteiger partial charge in [0.2, 0.25) is 0 Å². The largest absolute Gasteiger partial charge is 0.479 e. The maximum atomic E-state index is 11.6. The molecule has 1 N–H and O–H groups in total. The molecule has 1 aromatic heterocycles. The zero-order valence-corrected chi connectivity index (χ0v) is 10.3. The van der Waals surface area contributed by atoms with Crippen LogP contribution in [0.1, 0.15) is 45.4 Å². The zero-order valence-electron chi connectivity index (χ0n) is 10.3. The Morgan fingerprint density at radius 3 is 2.71 bits per heavy atom. The van der Waals surface area contributed by atoms with Gasteiger partial charge >= 0.3 is 5.97 Å². The van der Waals surface area contributed by atoms with Gasteiger partial charge in [0.05, 0.1) is 0 Å². The van der Waals surface area contributed by atoms with Crippen LogP contribution in [0, 0.1) is 5.92 Å². The number of hydrogen-bond donors (Lipinski definition) is 1. The Morgan fingerprint density at radius 2 is 2.24 bits per heavy atom. The molecule has 1 aliphatic rings. The molecule has 1 saturated carbocycles. The van der Waals surface area contributed by atoms with Crippen molar-refractivity contribution in [3.63, 3.8) is 0 Å². The third-order valence-corrected chi connectivity index (χ3v) is 3.97. The average molecular weight is 236 g/mol. The van der Waals surface area contributed by atoms with Crippen molar-refractivity contribution in [2.24, 2.45) is 5.92 Å². The molecule has 0 aromatic carbocycles. The summed E-state index contributed by atoms with van der Waals surface area (Å²) in [7, 11) is 0. The molecule has 1 fully saturated rings. The molecule has 0 amide bonds. The van der Waals surface area contributed by atoms with E-state index in [0.29, 0.717) is 18.8 Å². The molecule has 4 nitrogen and oxygen atoms in total. The molecule has 0 bridgehead atoms. The molecular formula is C13H20N2O2. The Morgan fingerprint density at radius 1 is 1.53 bits per heavy atom. The maximum Gasteiger partial charge on any atom is 0.331 e. The summed E-state index contributed by atoms with van der Waals surface area (Å²) in [5, 5.41) is 13.7. The van der Waals surface area contributed by atoms with E-state index in [4.69, 9.17) is 0 Å². The highest BCUT2D eigenvalue weighted by atomic mass is 16.4. The number of rotatable bonds is 4. The molecule has 0 saturated heterocycles. The first kappa shape index (κ1) is 12.1. The number of hydrogen-bond acceptors (Lipinski definition) is 2. The van der Waals surface area contributed by atoms with Gasteiger partial charge in [-0.1, -0.05) is 19.8 Å². The van der Waals surface area contributed by atoms with E-state index in [1.54, 1.807) is 23.1 Å². The van der Waals surface area contributed by atoms with Crippen LogP contribution < -0.4 is 0 Å². The van der Waals surface area contributed by atoms with Crippen LogP contribution in [0.5, 0.6) is 0 Å². The van der Waals surface area contributed by atoms with Crippen LogP contribution in [0.4, 0.5) is 0 Å². The third kappa shape index (κ3) is 2.21. The molecule has 0 spiro atoms. The predicted octanol–water partition coefficient (Wildman–Crippen LogP) is 2.65. The lowest BCUT2D eigenvalue weighted by molar-refractivity contribution is -0.150. The Balaban J connectivity index is 2.14. The van der Waals surface area contributed by atoms with E-state index in [2.05, 4.69) is 12.0 Å². The van der Waals surface area contributed by atoms with Crippen LogP contribution in [0.25, 0.3) is 0 Å². The molecule has 1 aromatic rings. The minimum Gasteiger partial charge on any atom is -0.479 e. The molecule has 1 heterocycles. The quantitative estimate of drug-likeness (QED) is 0.874. The smallest absolute Gasteiger partial charge is 0.331 e. The monoisotopic (exact) mass is 236 g/mol. The van der Waals surface area contributed by atoms with Gasteiger partial charge in [-0.05, 0) is 37.7 Å². The van der Waals surface area contributed by atoms with E-state index < -0.39 is 11.5 Å². The molecule has 4 heteroatoms.